The van der Waals surface area contributed by atoms with Crippen molar-refractivity contribution < 1.29 is 9.53 Å². The summed E-state index contributed by atoms with van der Waals surface area (Å²) in [7, 11) is 1.59. The highest BCUT2D eigenvalue weighted by atomic mass is 79.9. The van der Waals surface area contributed by atoms with Crippen LogP contribution >= 0.6 is 27.7 Å². The highest BCUT2D eigenvalue weighted by molar-refractivity contribution is 9.10. The summed E-state index contributed by atoms with van der Waals surface area (Å²) >= 11 is 4.73. The summed E-state index contributed by atoms with van der Waals surface area (Å²) in [4.78, 5) is 12.5. The van der Waals surface area contributed by atoms with Gasteiger partial charge < -0.3 is 4.74 Å². The first-order valence-electron chi connectivity index (χ1n) is 11.7. The lowest BCUT2D eigenvalue weighted by molar-refractivity contribution is -0.118. The predicted molar refractivity (Wildman–Crippen MR) is 153 cm³/mol. The lowest BCUT2D eigenvalue weighted by Crippen LogP contribution is -2.20. The van der Waals surface area contributed by atoms with E-state index < -0.39 is 0 Å². The normalized spacial score (nSPS) is 11.6. The van der Waals surface area contributed by atoms with Gasteiger partial charge in [-0.15, -0.1) is 10.2 Å². The van der Waals surface area contributed by atoms with Crippen LogP contribution in [0, 0.1) is 0 Å². The van der Waals surface area contributed by atoms with Gasteiger partial charge in [-0.25, -0.2) is 5.43 Å². The minimum absolute atomic E-state index is 0.0601. The number of carbonyl (C=O) groups is 1. The van der Waals surface area contributed by atoms with Crippen molar-refractivity contribution in [3.63, 3.8) is 0 Å². The van der Waals surface area contributed by atoms with Crippen molar-refractivity contribution in [2.45, 2.75) is 31.3 Å². The molecule has 0 radical (unpaired) electrons. The van der Waals surface area contributed by atoms with Crippen LogP contribution in [0.2, 0.25) is 0 Å². The summed E-state index contributed by atoms with van der Waals surface area (Å²) in [6.07, 6.45) is 1.55. The number of nitrogens with one attached hydrogen (secondary N) is 1. The van der Waals surface area contributed by atoms with Gasteiger partial charge in [-0.1, -0.05) is 90.9 Å². The van der Waals surface area contributed by atoms with Gasteiger partial charge in [0.1, 0.15) is 5.75 Å². The lowest BCUT2D eigenvalue weighted by atomic mass is 9.87. The number of hydrazone groups is 1. The lowest BCUT2D eigenvalue weighted by Gasteiger charge is -2.19. The molecule has 0 aliphatic carbocycles. The molecule has 4 aromatic rings. The van der Waals surface area contributed by atoms with Crippen LogP contribution in [0.5, 0.6) is 5.75 Å². The molecule has 3 aromatic carbocycles. The Kier molecular flexibility index (Phi) is 8.45. The predicted octanol–water partition coefficient (Wildman–Crippen LogP) is 6.25. The largest absolute Gasteiger partial charge is 0.496 e. The van der Waals surface area contributed by atoms with E-state index in [2.05, 4.69) is 81.7 Å². The number of carbonyl (C=O) groups excluding carboxylic acids is 1. The van der Waals surface area contributed by atoms with E-state index in [9.17, 15) is 4.79 Å². The van der Waals surface area contributed by atoms with Crippen molar-refractivity contribution in [1.82, 2.24) is 20.2 Å². The van der Waals surface area contributed by atoms with Crippen LogP contribution in [-0.4, -0.2) is 39.7 Å². The Labute approximate surface area is 229 Å². The van der Waals surface area contributed by atoms with E-state index in [0.29, 0.717) is 16.7 Å². The average molecular weight is 579 g/mol. The number of para-hydroxylation sites is 1. The first-order chi connectivity index (χ1) is 17.8. The van der Waals surface area contributed by atoms with E-state index in [4.69, 9.17) is 4.74 Å². The summed E-state index contributed by atoms with van der Waals surface area (Å²) < 4.78 is 8.19. The monoisotopic (exact) mass is 577 g/mol. The Morgan fingerprint density at radius 1 is 1.08 bits per heavy atom. The van der Waals surface area contributed by atoms with Crippen LogP contribution in [0.1, 0.15) is 31.9 Å². The highest BCUT2D eigenvalue weighted by Gasteiger charge is 2.19. The van der Waals surface area contributed by atoms with Gasteiger partial charge in [-0.05, 0) is 41.3 Å². The van der Waals surface area contributed by atoms with Gasteiger partial charge in [0.05, 0.1) is 19.1 Å². The zero-order valence-corrected chi connectivity index (χ0v) is 23.5. The molecule has 0 unspecified atom stereocenters. The Bertz CT molecular complexity index is 1400. The minimum atomic E-state index is -0.256. The number of ether oxygens (including phenoxy) is 1. The SMILES string of the molecule is COc1ccc(Br)cc1/C=N/NC(=O)CSc1nnc(-c2ccc(C(C)(C)C)cc2)n1-c1ccccc1. The number of methoxy groups -OCH3 is 1. The van der Waals surface area contributed by atoms with Gasteiger partial charge >= 0.3 is 0 Å². The molecule has 0 saturated heterocycles. The summed E-state index contributed by atoms with van der Waals surface area (Å²) in [5.41, 5.74) is 6.50. The van der Waals surface area contributed by atoms with E-state index in [1.165, 1.54) is 17.3 Å². The standard InChI is InChI=1S/C28H28BrN5O2S/c1-28(2,3)21-12-10-19(11-13-21)26-32-33-27(34(26)23-8-6-5-7-9-23)37-18-25(35)31-30-17-20-16-22(29)14-15-24(20)36-4/h5-17H,18H2,1-4H3,(H,31,35)/b30-17+. The molecule has 0 saturated carbocycles. The number of nitrogens with zero attached hydrogens (tertiary/aromatic N) is 4. The van der Waals surface area contributed by atoms with Gasteiger partial charge in [0.2, 0.25) is 0 Å². The fourth-order valence-corrected chi connectivity index (χ4v) is 4.74. The first-order valence-corrected chi connectivity index (χ1v) is 13.4. The van der Waals surface area contributed by atoms with Gasteiger partial charge in [0, 0.05) is 21.3 Å². The molecule has 1 heterocycles. The molecule has 0 aliphatic heterocycles. The molecule has 1 N–H and O–H groups in total. The summed E-state index contributed by atoms with van der Waals surface area (Å²) in [6, 6.07) is 23.8. The smallest absolute Gasteiger partial charge is 0.250 e. The van der Waals surface area contributed by atoms with Crippen molar-refractivity contribution >= 4 is 39.8 Å². The summed E-state index contributed by atoms with van der Waals surface area (Å²) in [5, 5.41) is 13.6. The molecule has 1 amide bonds. The van der Waals surface area contributed by atoms with E-state index in [1.807, 2.05) is 53.1 Å². The number of halogens is 1. The third-order valence-corrected chi connectivity index (χ3v) is 7.00. The molecular formula is C28H28BrN5O2S. The van der Waals surface area contributed by atoms with Crippen LogP contribution in [0.3, 0.4) is 0 Å². The topological polar surface area (TPSA) is 81.4 Å². The quantitative estimate of drug-likeness (QED) is 0.152. The molecule has 0 aliphatic rings. The van der Waals surface area contributed by atoms with Gasteiger partial charge in [0.15, 0.2) is 11.0 Å². The second-order valence-electron chi connectivity index (χ2n) is 9.27. The van der Waals surface area contributed by atoms with Crippen molar-refractivity contribution in [3.05, 3.63) is 88.4 Å². The van der Waals surface area contributed by atoms with Crippen LogP contribution in [0.15, 0.2) is 87.5 Å². The number of thioether (sulfide) groups is 1. The Balaban J connectivity index is 1.51. The molecule has 0 atom stereocenters. The minimum Gasteiger partial charge on any atom is -0.496 e. The van der Waals surface area contributed by atoms with Crippen molar-refractivity contribution in [2.75, 3.05) is 12.9 Å². The number of amides is 1. The van der Waals surface area contributed by atoms with E-state index in [0.717, 1.165) is 21.3 Å². The van der Waals surface area contributed by atoms with E-state index in [-0.39, 0.29) is 17.1 Å². The second-order valence-corrected chi connectivity index (χ2v) is 11.1. The molecule has 190 valence electrons. The zero-order chi connectivity index (χ0) is 26.4. The molecule has 0 fully saturated rings. The van der Waals surface area contributed by atoms with Gasteiger partial charge in [0.25, 0.3) is 5.91 Å². The number of benzene rings is 3. The average Bonchev–Trinajstić information content (AvgIpc) is 3.32. The fourth-order valence-electron chi connectivity index (χ4n) is 3.62. The Morgan fingerprint density at radius 3 is 2.49 bits per heavy atom. The third kappa shape index (κ3) is 6.67. The van der Waals surface area contributed by atoms with Crippen molar-refractivity contribution in [1.29, 1.82) is 0 Å². The van der Waals surface area contributed by atoms with Crippen molar-refractivity contribution in [3.8, 4) is 22.8 Å². The maximum Gasteiger partial charge on any atom is 0.250 e. The molecule has 1 aromatic heterocycles. The first kappa shape index (κ1) is 26.6. The van der Waals surface area contributed by atoms with Crippen LogP contribution in [0.25, 0.3) is 17.1 Å². The van der Waals surface area contributed by atoms with Crippen molar-refractivity contribution in [2.24, 2.45) is 5.10 Å². The summed E-state index contributed by atoms with van der Waals surface area (Å²) in [5.74, 6) is 1.25. The number of aromatic nitrogens is 3. The highest BCUT2D eigenvalue weighted by Crippen LogP contribution is 2.30. The molecule has 9 heteroatoms. The number of hydrogen-bond donors (Lipinski definition) is 1. The fraction of sp³-hybridized carbons (Fsp3) is 0.214. The molecule has 7 nitrogen and oxygen atoms in total. The maximum absolute atomic E-state index is 12.5. The zero-order valence-electron chi connectivity index (χ0n) is 21.1. The molecule has 0 spiro atoms. The second kappa shape index (κ2) is 11.7. The number of hydrogen-bond acceptors (Lipinski definition) is 6. The van der Waals surface area contributed by atoms with E-state index >= 15 is 0 Å². The Morgan fingerprint density at radius 2 is 1.81 bits per heavy atom. The van der Waals surface area contributed by atoms with E-state index in [1.54, 1.807) is 13.3 Å². The molecule has 37 heavy (non-hydrogen) atoms. The van der Waals surface area contributed by atoms with Crippen LogP contribution in [0.4, 0.5) is 0 Å². The molecular weight excluding hydrogens is 550 g/mol. The Hall–Kier alpha value is -3.43. The molecule has 4 rings (SSSR count). The third-order valence-electron chi connectivity index (χ3n) is 5.57. The van der Waals surface area contributed by atoms with Gasteiger partial charge in [-0.3, -0.25) is 9.36 Å². The number of rotatable bonds is 8. The molecule has 0 bridgehead atoms. The maximum atomic E-state index is 12.5. The van der Waals surface area contributed by atoms with Gasteiger partial charge in [-0.2, -0.15) is 5.10 Å². The summed E-state index contributed by atoms with van der Waals surface area (Å²) in [6.45, 7) is 6.56. The van der Waals surface area contributed by atoms with Crippen LogP contribution in [-0.2, 0) is 10.2 Å². The van der Waals surface area contributed by atoms with Crippen LogP contribution < -0.4 is 10.2 Å².